The van der Waals surface area contributed by atoms with Crippen LogP contribution >= 0.6 is 0 Å². The summed E-state index contributed by atoms with van der Waals surface area (Å²) < 4.78 is 0. The molecule has 5 nitrogen and oxygen atoms in total. The van der Waals surface area contributed by atoms with Crippen molar-refractivity contribution in [2.75, 3.05) is 7.05 Å². The predicted molar refractivity (Wildman–Crippen MR) is 90.3 cm³/mol. The van der Waals surface area contributed by atoms with Crippen molar-refractivity contribution in [3.05, 3.63) is 34.5 Å². The Morgan fingerprint density at radius 2 is 1.78 bits per heavy atom. The number of carbonyl (C=O) groups is 2. The average Bonchev–Trinajstić information content (AvgIpc) is 2.84. The van der Waals surface area contributed by atoms with Gasteiger partial charge in [0.25, 0.3) is 5.91 Å². The van der Waals surface area contributed by atoms with Crippen LogP contribution in [-0.2, 0) is 11.3 Å². The number of aromatic nitrogens is 1. The van der Waals surface area contributed by atoms with Gasteiger partial charge in [0.15, 0.2) is 0 Å². The maximum Gasteiger partial charge on any atom is 0.327 e. The van der Waals surface area contributed by atoms with Gasteiger partial charge in [0.2, 0.25) is 0 Å². The average molecular weight is 313 g/mol. The molecule has 3 amide bonds. The molecule has 3 rings (SSSR count). The first kappa shape index (κ1) is 15.6. The van der Waals surface area contributed by atoms with E-state index in [1.54, 1.807) is 20.9 Å². The molecule has 0 radical (unpaired) electrons. The second-order valence-corrected chi connectivity index (χ2v) is 7.01. The Labute approximate surface area is 136 Å². The normalized spacial score (nSPS) is 17.7. The maximum absolute atomic E-state index is 12.6. The Kier molecular flexibility index (Phi) is 3.29. The molecule has 1 fully saturated rings. The molecule has 1 aliphatic rings. The molecule has 1 saturated heterocycles. The number of hydrogen-bond acceptors (Lipinski definition) is 2. The van der Waals surface area contributed by atoms with Crippen molar-refractivity contribution in [2.24, 2.45) is 0 Å². The first-order valence-corrected chi connectivity index (χ1v) is 7.82. The summed E-state index contributed by atoms with van der Waals surface area (Å²) in [6.45, 7) is 10.0. The summed E-state index contributed by atoms with van der Waals surface area (Å²) in [7, 11) is 1.68. The van der Waals surface area contributed by atoms with Crippen LogP contribution in [0.25, 0.3) is 10.9 Å². The molecule has 23 heavy (non-hydrogen) atoms. The van der Waals surface area contributed by atoms with Crippen molar-refractivity contribution in [3.8, 4) is 0 Å². The van der Waals surface area contributed by atoms with Crippen LogP contribution in [0, 0.1) is 20.8 Å². The standard InChI is InChI=1S/C18H23N3O2/c1-10-7-13(15-14(8-10)11(2)12(3)19-15)9-21-16(22)18(4,5)20(6)17(21)23/h7-8,19H,9H2,1-6H3. The summed E-state index contributed by atoms with van der Waals surface area (Å²) in [5.74, 6) is -0.153. The molecule has 1 aromatic heterocycles. The molecule has 1 aromatic carbocycles. The number of urea groups is 1. The Balaban J connectivity index is 2.07. The smallest absolute Gasteiger partial charge is 0.327 e. The number of amides is 3. The number of nitrogens with one attached hydrogen (secondary N) is 1. The van der Waals surface area contributed by atoms with Gasteiger partial charge in [0, 0.05) is 18.1 Å². The van der Waals surface area contributed by atoms with Gasteiger partial charge < -0.3 is 9.88 Å². The van der Waals surface area contributed by atoms with Crippen molar-refractivity contribution < 1.29 is 9.59 Å². The number of fused-ring (bicyclic) bond motifs is 1. The van der Waals surface area contributed by atoms with E-state index in [0.717, 1.165) is 27.7 Å². The number of aryl methyl sites for hydroxylation is 3. The van der Waals surface area contributed by atoms with Crippen LogP contribution < -0.4 is 0 Å². The Morgan fingerprint density at radius 1 is 1.13 bits per heavy atom. The Morgan fingerprint density at radius 3 is 2.35 bits per heavy atom. The van der Waals surface area contributed by atoms with E-state index in [2.05, 4.69) is 18.0 Å². The highest BCUT2D eigenvalue weighted by Gasteiger charge is 2.49. The molecule has 0 unspecified atom stereocenters. The zero-order valence-electron chi connectivity index (χ0n) is 14.6. The van der Waals surface area contributed by atoms with Gasteiger partial charge in [0.1, 0.15) is 5.54 Å². The number of aromatic amines is 1. The van der Waals surface area contributed by atoms with Crippen LogP contribution in [0.2, 0.25) is 0 Å². The van der Waals surface area contributed by atoms with E-state index in [4.69, 9.17) is 0 Å². The fourth-order valence-electron chi connectivity index (χ4n) is 3.20. The highest BCUT2D eigenvalue weighted by atomic mass is 16.2. The van der Waals surface area contributed by atoms with Crippen LogP contribution in [0.4, 0.5) is 4.79 Å². The fraction of sp³-hybridized carbons (Fsp3) is 0.444. The van der Waals surface area contributed by atoms with Gasteiger partial charge in [-0.2, -0.15) is 0 Å². The van der Waals surface area contributed by atoms with Crippen LogP contribution in [0.3, 0.4) is 0 Å². The monoisotopic (exact) mass is 313 g/mol. The van der Waals surface area contributed by atoms with Crippen LogP contribution in [0.5, 0.6) is 0 Å². The molecule has 122 valence electrons. The van der Waals surface area contributed by atoms with Crippen molar-refractivity contribution in [1.82, 2.24) is 14.8 Å². The second kappa shape index (κ2) is 4.85. The number of nitrogens with zero attached hydrogens (tertiary/aromatic N) is 2. The quantitative estimate of drug-likeness (QED) is 0.865. The molecule has 1 N–H and O–H groups in total. The predicted octanol–water partition coefficient (Wildman–Crippen LogP) is 3.27. The van der Waals surface area contributed by atoms with E-state index < -0.39 is 5.54 Å². The summed E-state index contributed by atoms with van der Waals surface area (Å²) in [4.78, 5) is 31.3. The Hall–Kier alpha value is -2.30. The third-order valence-corrected chi connectivity index (χ3v) is 5.10. The zero-order chi connectivity index (χ0) is 17.1. The summed E-state index contributed by atoms with van der Waals surface area (Å²) >= 11 is 0. The Bertz CT molecular complexity index is 832. The lowest BCUT2D eigenvalue weighted by Crippen LogP contribution is -2.41. The van der Waals surface area contributed by atoms with Crippen molar-refractivity contribution in [2.45, 2.75) is 46.7 Å². The summed E-state index contributed by atoms with van der Waals surface area (Å²) in [5, 5.41) is 1.16. The van der Waals surface area contributed by atoms with E-state index in [1.807, 2.05) is 19.9 Å². The number of rotatable bonds is 2. The fourth-order valence-corrected chi connectivity index (χ4v) is 3.20. The maximum atomic E-state index is 12.6. The molecule has 0 aliphatic carbocycles. The molecule has 0 spiro atoms. The molecule has 1 aliphatic heterocycles. The molecular formula is C18H23N3O2. The topological polar surface area (TPSA) is 56.4 Å². The van der Waals surface area contributed by atoms with Gasteiger partial charge in [-0.3, -0.25) is 9.69 Å². The van der Waals surface area contributed by atoms with Gasteiger partial charge in [-0.05, 0) is 51.8 Å². The largest absolute Gasteiger partial charge is 0.358 e. The highest BCUT2D eigenvalue weighted by molar-refractivity contribution is 6.06. The van der Waals surface area contributed by atoms with Gasteiger partial charge in [-0.1, -0.05) is 11.6 Å². The van der Waals surface area contributed by atoms with E-state index in [1.165, 1.54) is 15.4 Å². The highest BCUT2D eigenvalue weighted by Crippen LogP contribution is 2.31. The molecule has 2 heterocycles. The lowest BCUT2D eigenvalue weighted by atomic mass is 10.0. The number of likely N-dealkylation sites (N-methyl/N-ethyl adjacent to an activating group) is 1. The minimum Gasteiger partial charge on any atom is -0.358 e. The lowest BCUT2D eigenvalue weighted by Gasteiger charge is -2.22. The van der Waals surface area contributed by atoms with Gasteiger partial charge in [-0.25, -0.2) is 4.79 Å². The van der Waals surface area contributed by atoms with E-state index in [0.29, 0.717) is 6.54 Å². The zero-order valence-corrected chi connectivity index (χ0v) is 14.6. The van der Waals surface area contributed by atoms with E-state index in [-0.39, 0.29) is 11.9 Å². The second-order valence-electron chi connectivity index (χ2n) is 7.01. The van der Waals surface area contributed by atoms with Gasteiger partial charge in [0.05, 0.1) is 12.1 Å². The van der Waals surface area contributed by atoms with Crippen LogP contribution in [0.15, 0.2) is 12.1 Å². The van der Waals surface area contributed by atoms with Crippen molar-refractivity contribution in [3.63, 3.8) is 0 Å². The first-order chi connectivity index (χ1) is 10.6. The lowest BCUT2D eigenvalue weighted by molar-refractivity contribution is -0.132. The molecule has 0 atom stereocenters. The number of H-pyrrole nitrogens is 1. The van der Waals surface area contributed by atoms with Crippen molar-refractivity contribution in [1.29, 1.82) is 0 Å². The SMILES string of the molecule is Cc1cc(CN2C(=O)N(C)C(C)(C)C2=O)c2[nH]c(C)c(C)c2c1. The summed E-state index contributed by atoms with van der Waals surface area (Å²) in [5.41, 5.74) is 4.65. The molecule has 0 bridgehead atoms. The molecule has 0 saturated carbocycles. The molecule has 5 heteroatoms. The minimum absolute atomic E-state index is 0.153. The van der Waals surface area contributed by atoms with E-state index in [9.17, 15) is 9.59 Å². The molecular weight excluding hydrogens is 290 g/mol. The van der Waals surface area contributed by atoms with Crippen LogP contribution in [-0.4, -0.2) is 39.3 Å². The summed E-state index contributed by atoms with van der Waals surface area (Å²) in [6, 6.07) is 3.94. The van der Waals surface area contributed by atoms with Gasteiger partial charge in [-0.15, -0.1) is 0 Å². The number of benzene rings is 1. The third kappa shape index (κ3) is 2.14. The first-order valence-electron chi connectivity index (χ1n) is 7.82. The van der Waals surface area contributed by atoms with Crippen LogP contribution in [0.1, 0.15) is 36.2 Å². The van der Waals surface area contributed by atoms with E-state index >= 15 is 0 Å². The van der Waals surface area contributed by atoms with Gasteiger partial charge >= 0.3 is 6.03 Å². The third-order valence-electron chi connectivity index (χ3n) is 5.10. The summed E-state index contributed by atoms with van der Waals surface area (Å²) in [6.07, 6.45) is 0. The number of carbonyl (C=O) groups excluding carboxylic acids is 2. The minimum atomic E-state index is -0.790. The number of imide groups is 1. The van der Waals surface area contributed by atoms with Crippen molar-refractivity contribution >= 4 is 22.8 Å². The number of hydrogen-bond donors (Lipinski definition) is 1. The molecule has 2 aromatic rings.